The largest absolute Gasteiger partial charge is 0.387 e. The molecule has 1 heterocycles. The molecular formula is C12H17NO. The van der Waals surface area contributed by atoms with Gasteiger partial charge in [-0.25, -0.2) is 0 Å². The van der Waals surface area contributed by atoms with Gasteiger partial charge in [-0.3, -0.25) is 0 Å². The van der Waals surface area contributed by atoms with Crippen molar-refractivity contribution >= 4 is 0 Å². The normalized spacial score (nSPS) is 23.7. The summed E-state index contributed by atoms with van der Waals surface area (Å²) in [5.41, 5.74) is 2.26. The Morgan fingerprint density at radius 2 is 2.07 bits per heavy atom. The predicted molar refractivity (Wildman–Crippen MR) is 57.2 cm³/mol. The molecule has 0 aliphatic carbocycles. The Kier molecular flexibility index (Phi) is 2.85. The van der Waals surface area contributed by atoms with E-state index in [-0.39, 0.29) is 12.1 Å². The van der Waals surface area contributed by atoms with Crippen LogP contribution in [-0.4, -0.2) is 17.7 Å². The van der Waals surface area contributed by atoms with E-state index in [1.165, 1.54) is 12.0 Å². The highest BCUT2D eigenvalue weighted by Crippen LogP contribution is 2.22. The minimum atomic E-state index is -0.349. The van der Waals surface area contributed by atoms with Crippen LogP contribution in [0.1, 0.15) is 30.1 Å². The molecular weight excluding hydrogens is 174 g/mol. The lowest BCUT2D eigenvalue weighted by Gasteiger charge is -2.18. The van der Waals surface area contributed by atoms with Crippen LogP contribution < -0.4 is 5.32 Å². The smallest absolute Gasteiger partial charge is 0.0942 e. The van der Waals surface area contributed by atoms with E-state index in [2.05, 4.69) is 12.2 Å². The lowest BCUT2D eigenvalue weighted by Crippen LogP contribution is -2.28. The molecule has 0 saturated carbocycles. The molecule has 1 saturated heterocycles. The molecule has 1 aliphatic rings. The van der Waals surface area contributed by atoms with E-state index < -0.39 is 0 Å². The summed E-state index contributed by atoms with van der Waals surface area (Å²) in [5, 5.41) is 13.4. The van der Waals surface area contributed by atoms with Gasteiger partial charge in [0.25, 0.3) is 0 Å². The Labute approximate surface area is 85.0 Å². The third-order valence-electron chi connectivity index (χ3n) is 2.90. The maximum absolute atomic E-state index is 10.0. The Balaban J connectivity index is 2.09. The molecule has 1 fully saturated rings. The fourth-order valence-electron chi connectivity index (χ4n) is 1.98. The van der Waals surface area contributed by atoms with Crippen molar-refractivity contribution < 1.29 is 5.11 Å². The summed E-state index contributed by atoms with van der Waals surface area (Å²) in [6, 6.07) is 8.37. The maximum atomic E-state index is 10.0. The third-order valence-corrected chi connectivity index (χ3v) is 2.90. The number of hydrogen-bond donors (Lipinski definition) is 2. The Morgan fingerprint density at radius 1 is 1.36 bits per heavy atom. The summed E-state index contributed by atoms with van der Waals surface area (Å²) in [6.45, 7) is 3.09. The van der Waals surface area contributed by atoms with Gasteiger partial charge >= 0.3 is 0 Å². The number of aliphatic hydroxyl groups is 1. The number of rotatable bonds is 2. The van der Waals surface area contributed by atoms with Gasteiger partial charge in [0.2, 0.25) is 0 Å². The second-order valence-electron chi connectivity index (χ2n) is 4.06. The van der Waals surface area contributed by atoms with E-state index in [9.17, 15) is 5.11 Å². The molecule has 2 atom stereocenters. The molecule has 2 heteroatoms. The van der Waals surface area contributed by atoms with Gasteiger partial charge in [0, 0.05) is 6.04 Å². The fourth-order valence-corrected chi connectivity index (χ4v) is 1.98. The zero-order chi connectivity index (χ0) is 9.97. The lowest BCUT2D eigenvalue weighted by molar-refractivity contribution is 0.137. The zero-order valence-electron chi connectivity index (χ0n) is 8.53. The molecule has 14 heavy (non-hydrogen) atoms. The SMILES string of the molecule is Cc1ccc([C@@H](O)[C@@H]2CCCN2)cc1. The van der Waals surface area contributed by atoms with E-state index in [0.717, 1.165) is 18.5 Å². The van der Waals surface area contributed by atoms with Crippen molar-refractivity contribution in [1.29, 1.82) is 0 Å². The second kappa shape index (κ2) is 4.11. The molecule has 0 radical (unpaired) electrons. The molecule has 0 spiro atoms. The van der Waals surface area contributed by atoms with Gasteiger partial charge in [0.05, 0.1) is 6.10 Å². The average molecular weight is 191 g/mol. The molecule has 2 nitrogen and oxygen atoms in total. The molecule has 0 aromatic heterocycles. The minimum Gasteiger partial charge on any atom is -0.387 e. The van der Waals surface area contributed by atoms with Crippen molar-refractivity contribution in [3.63, 3.8) is 0 Å². The summed E-state index contributed by atoms with van der Waals surface area (Å²) in [4.78, 5) is 0. The number of hydrogen-bond acceptors (Lipinski definition) is 2. The molecule has 2 rings (SSSR count). The van der Waals surface area contributed by atoms with Crippen molar-refractivity contribution in [2.45, 2.75) is 31.9 Å². The molecule has 1 aromatic carbocycles. The predicted octanol–water partition coefficient (Wildman–Crippen LogP) is 1.78. The van der Waals surface area contributed by atoms with Crippen molar-refractivity contribution in [1.82, 2.24) is 5.32 Å². The fraction of sp³-hybridized carbons (Fsp3) is 0.500. The van der Waals surface area contributed by atoms with Gasteiger partial charge in [-0.15, -0.1) is 0 Å². The maximum Gasteiger partial charge on any atom is 0.0942 e. The van der Waals surface area contributed by atoms with Crippen LogP contribution in [0.4, 0.5) is 0 Å². The molecule has 0 bridgehead atoms. The van der Waals surface area contributed by atoms with Crippen LogP contribution in [0.5, 0.6) is 0 Å². The average Bonchev–Trinajstić information content (AvgIpc) is 2.71. The highest BCUT2D eigenvalue weighted by Gasteiger charge is 2.23. The van der Waals surface area contributed by atoms with E-state index in [1.54, 1.807) is 0 Å². The minimum absolute atomic E-state index is 0.248. The van der Waals surface area contributed by atoms with Gasteiger partial charge in [-0.1, -0.05) is 29.8 Å². The summed E-state index contributed by atoms with van der Waals surface area (Å²) in [7, 11) is 0. The van der Waals surface area contributed by atoms with Crippen molar-refractivity contribution in [2.75, 3.05) is 6.54 Å². The third kappa shape index (κ3) is 1.97. The van der Waals surface area contributed by atoms with Crippen molar-refractivity contribution in [2.24, 2.45) is 0 Å². The van der Waals surface area contributed by atoms with Gasteiger partial charge in [0.15, 0.2) is 0 Å². The van der Waals surface area contributed by atoms with Crippen LogP contribution in [0.25, 0.3) is 0 Å². The van der Waals surface area contributed by atoms with Crippen LogP contribution in [0.3, 0.4) is 0 Å². The first kappa shape index (κ1) is 9.69. The van der Waals surface area contributed by atoms with Gasteiger partial charge in [-0.2, -0.15) is 0 Å². The van der Waals surface area contributed by atoms with E-state index in [4.69, 9.17) is 0 Å². The van der Waals surface area contributed by atoms with Crippen molar-refractivity contribution in [3.8, 4) is 0 Å². The standard InChI is InChI=1S/C12H17NO/c1-9-4-6-10(7-5-9)12(14)11-3-2-8-13-11/h4-7,11-14H,2-3,8H2,1H3/t11-,12+/m0/s1. The molecule has 0 amide bonds. The number of benzene rings is 1. The van der Waals surface area contributed by atoms with Crippen LogP contribution in [-0.2, 0) is 0 Å². The molecule has 1 aromatic rings. The Hall–Kier alpha value is -0.860. The number of aryl methyl sites for hydroxylation is 1. The Bertz CT molecular complexity index is 288. The highest BCUT2D eigenvalue weighted by molar-refractivity contribution is 5.24. The summed E-state index contributed by atoms with van der Waals surface area (Å²) < 4.78 is 0. The molecule has 0 unspecified atom stereocenters. The van der Waals surface area contributed by atoms with Crippen LogP contribution >= 0.6 is 0 Å². The van der Waals surface area contributed by atoms with Crippen molar-refractivity contribution in [3.05, 3.63) is 35.4 Å². The topological polar surface area (TPSA) is 32.3 Å². The first-order valence-corrected chi connectivity index (χ1v) is 5.25. The van der Waals surface area contributed by atoms with Crippen LogP contribution in [0, 0.1) is 6.92 Å². The lowest BCUT2D eigenvalue weighted by atomic mass is 10.0. The van der Waals surface area contributed by atoms with Gasteiger partial charge in [0.1, 0.15) is 0 Å². The van der Waals surface area contributed by atoms with Gasteiger partial charge < -0.3 is 10.4 Å². The van der Waals surface area contributed by atoms with E-state index >= 15 is 0 Å². The summed E-state index contributed by atoms with van der Waals surface area (Å²) in [6.07, 6.45) is 1.90. The summed E-state index contributed by atoms with van der Waals surface area (Å²) in [5.74, 6) is 0. The van der Waals surface area contributed by atoms with E-state index in [1.807, 2.05) is 24.3 Å². The van der Waals surface area contributed by atoms with Crippen LogP contribution in [0.15, 0.2) is 24.3 Å². The number of nitrogens with one attached hydrogen (secondary N) is 1. The Morgan fingerprint density at radius 3 is 2.64 bits per heavy atom. The first-order valence-electron chi connectivity index (χ1n) is 5.25. The summed E-state index contributed by atoms with van der Waals surface area (Å²) >= 11 is 0. The van der Waals surface area contributed by atoms with Crippen LogP contribution in [0.2, 0.25) is 0 Å². The molecule has 76 valence electrons. The van der Waals surface area contributed by atoms with Gasteiger partial charge in [-0.05, 0) is 31.9 Å². The number of aliphatic hydroxyl groups excluding tert-OH is 1. The zero-order valence-corrected chi connectivity index (χ0v) is 8.53. The molecule has 2 N–H and O–H groups in total. The monoisotopic (exact) mass is 191 g/mol. The quantitative estimate of drug-likeness (QED) is 0.747. The highest BCUT2D eigenvalue weighted by atomic mass is 16.3. The molecule has 1 aliphatic heterocycles. The second-order valence-corrected chi connectivity index (χ2v) is 4.06. The van der Waals surface area contributed by atoms with E-state index in [0.29, 0.717) is 0 Å². The first-order chi connectivity index (χ1) is 6.77.